The van der Waals surface area contributed by atoms with Crippen LogP contribution in [-0.2, 0) is 16.0 Å². The Bertz CT molecular complexity index is 446. The molecule has 5 nitrogen and oxygen atoms in total. The molecule has 106 valence electrons. The standard InChI is InChI=1S/C12H18ClN3O2S/c1-2-18-11(17)8(14)7-9-10(13)15-12(19-9)16-5-3-4-6-16/h8H,2-7,14H2,1H3. The predicted octanol–water partition coefficient (Wildman–Crippen LogP) is 1.83. The smallest absolute Gasteiger partial charge is 0.323 e. The Labute approximate surface area is 121 Å². The molecule has 1 aliphatic rings. The quantitative estimate of drug-likeness (QED) is 0.841. The molecule has 2 N–H and O–H groups in total. The molecule has 7 heteroatoms. The summed E-state index contributed by atoms with van der Waals surface area (Å²) in [7, 11) is 0. The Balaban J connectivity index is 2.02. The fourth-order valence-electron chi connectivity index (χ4n) is 2.02. The number of nitrogens with two attached hydrogens (primary N) is 1. The monoisotopic (exact) mass is 303 g/mol. The van der Waals surface area contributed by atoms with Gasteiger partial charge in [-0.1, -0.05) is 11.6 Å². The van der Waals surface area contributed by atoms with Crippen LogP contribution in [0, 0.1) is 0 Å². The highest BCUT2D eigenvalue weighted by molar-refractivity contribution is 7.16. The third kappa shape index (κ3) is 3.58. The van der Waals surface area contributed by atoms with Crippen LogP contribution in [0.4, 0.5) is 5.13 Å². The molecule has 0 aliphatic carbocycles. The van der Waals surface area contributed by atoms with E-state index in [0.29, 0.717) is 18.2 Å². The maximum absolute atomic E-state index is 11.5. The van der Waals surface area contributed by atoms with Crippen LogP contribution in [-0.4, -0.2) is 36.7 Å². The zero-order valence-corrected chi connectivity index (χ0v) is 12.5. The van der Waals surface area contributed by atoms with Crippen LogP contribution in [0.3, 0.4) is 0 Å². The van der Waals surface area contributed by atoms with E-state index in [1.165, 1.54) is 24.2 Å². The lowest BCUT2D eigenvalue weighted by molar-refractivity contribution is -0.144. The number of aromatic nitrogens is 1. The van der Waals surface area contributed by atoms with E-state index in [4.69, 9.17) is 22.1 Å². The lowest BCUT2D eigenvalue weighted by atomic mass is 10.2. The molecule has 0 radical (unpaired) electrons. The summed E-state index contributed by atoms with van der Waals surface area (Å²) in [6, 6.07) is -0.677. The van der Waals surface area contributed by atoms with Gasteiger partial charge >= 0.3 is 5.97 Å². The van der Waals surface area contributed by atoms with Crippen LogP contribution in [0.15, 0.2) is 0 Å². The van der Waals surface area contributed by atoms with Gasteiger partial charge in [0.25, 0.3) is 0 Å². The average molecular weight is 304 g/mol. The molecule has 0 bridgehead atoms. The fourth-order valence-corrected chi connectivity index (χ4v) is 3.41. The van der Waals surface area contributed by atoms with Gasteiger partial charge in [-0.15, -0.1) is 11.3 Å². The van der Waals surface area contributed by atoms with Gasteiger partial charge in [0.15, 0.2) is 5.13 Å². The summed E-state index contributed by atoms with van der Waals surface area (Å²) < 4.78 is 4.89. The van der Waals surface area contributed by atoms with Crippen molar-refractivity contribution in [3.8, 4) is 0 Å². The highest BCUT2D eigenvalue weighted by Crippen LogP contribution is 2.32. The Morgan fingerprint density at radius 2 is 2.26 bits per heavy atom. The molecule has 0 aromatic carbocycles. The topological polar surface area (TPSA) is 68.5 Å². The number of nitrogens with zero attached hydrogens (tertiary/aromatic N) is 2. The number of carbonyl (C=O) groups is 1. The first-order chi connectivity index (χ1) is 9.11. The minimum Gasteiger partial charge on any atom is -0.465 e. The van der Waals surface area contributed by atoms with Crippen LogP contribution in [0.5, 0.6) is 0 Å². The minimum atomic E-state index is -0.677. The van der Waals surface area contributed by atoms with Crippen molar-refractivity contribution in [2.45, 2.75) is 32.2 Å². The van der Waals surface area contributed by atoms with E-state index in [2.05, 4.69) is 9.88 Å². The maximum Gasteiger partial charge on any atom is 0.323 e. The molecule has 1 atom stereocenters. The summed E-state index contributed by atoms with van der Waals surface area (Å²) in [5.41, 5.74) is 5.80. The van der Waals surface area contributed by atoms with Gasteiger partial charge in [-0.05, 0) is 19.8 Å². The van der Waals surface area contributed by atoms with E-state index >= 15 is 0 Å². The summed E-state index contributed by atoms with van der Waals surface area (Å²) in [4.78, 5) is 18.9. The number of anilines is 1. The number of hydrogen-bond donors (Lipinski definition) is 1. The highest BCUT2D eigenvalue weighted by atomic mass is 35.5. The third-order valence-corrected chi connectivity index (χ3v) is 4.57. The molecule has 2 rings (SSSR count). The first-order valence-corrected chi connectivity index (χ1v) is 7.63. The van der Waals surface area contributed by atoms with Gasteiger partial charge in [-0.2, -0.15) is 0 Å². The molecule has 2 heterocycles. The molecule has 0 amide bonds. The van der Waals surface area contributed by atoms with Crippen molar-refractivity contribution in [1.29, 1.82) is 0 Å². The fraction of sp³-hybridized carbons (Fsp3) is 0.667. The number of rotatable bonds is 5. The molecule has 0 spiro atoms. The van der Waals surface area contributed by atoms with Gasteiger partial charge in [0.05, 0.1) is 6.61 Å². The van der Waals surface area contributed by atoms with E-state index in [1.54, 1.807) is 6.92 Å². The summed E-state index contributed by atoms with van der Waals surface area (Å²) in [5, 5.41) is 1.38. The first-order valence-electron chi connectivity index (χ1n) is 6.44. The van der Waals surface area contributed by atoms with Crippen molar-refractivity contribution in [3.63, 3.8) is 0 Å². The van der Waals surface area contributed by atoms with Crippen molar-refractivity contribution < 1.29 is 9.53 Å². The number of carbonyl (C=O) groups excluding carboxylic acids is 1. The number of halogens is 1. The Hall–Kier alpha value is -0.850. The zero-order valence-electron chi connectivity index (χ0n) is 10.9. The predicted molar refractivity (Wildman–Crippen MR) is 76.9 cm³/mol. The molecular weight excluding hydrogens is 286 g/mol. The number of esters is 1. The first kappa shape index (κ1) is 14.6. The number of ether oxygens (including phenoxy) is 1. The second-order valence-corrected chi connectivity index (χ2v) is 5.89. The summed E-state index contributed by atoms with van der Waals surface area (Å²) in [5.74, 6) is -0.394. The normalized spacial score (nSPS) is 16.7. The summed E-state index contributed by atoms with van der Waals surface area (Å²) >= 11 is 7.63. The Morgan fingerprint density at radius 3 is 2.89 bits per heavy atom. The van der Waals surface area contributed by atoms with Gasteiger partial charge in [-0.25, -0.2) is 4.98 Å². The van der Waals surface area contributed by atoms with Gasteiger partial charge in [0.2, 0.25) is 0 Å². The van der Waals surface area contributed by atoms with E-state index in [0.717, 1.165) is 23.1 Å². The second kappa shape index (κ2) is 6.54. The summed E-state index contributed by atoms with van der Waals surface area (Å²) in [6.45, 7) is 4.14. The van der Waals surface area contributed by atoms with Gasteiger partial charge in [0, 0.05) is 24.4 Å². The Morgan fingerprint density at radius 1 is 1.58 bits per heavy atom. The molecule has 1 unspecified atom stereocenters. The van der Waals surface area contributed by atoms with E-state index in [9.17, 15) is 4.79 Å². The molecule has 19 heavy (non-hydrogen) atoms. The second-order valence-electron chi connectivity index (χ2n) is 4.47. The SMILES string of the molecule is CCOC(=O)C(N)Cc1sc(N2CCCC2)nc1Cl. The maximum atomic E-state index is 11.5. The van der Waals surface area contributed by atoms with Crippen LogP contribution in [0.1, 0.15) is 24.6 Å². The van der Waals surface area contributed by atoms with Gasteiger partial charge in [0.1, 0.15) is 11.2 Å². The lowest BCUT2D eigenvalue weighted by Crippen LogP contribution is -2.34. The van der Waals surface area contributed by atoms with Crippen molar-refractivity contribution >= 4 is 34.0 Å². The number of hydrogen-bond acceptors (Lipinski definition) is 6. The van der Waals surface area contributed by atoms with Gasteiger partial charge in [-0.3, -0.25) is 4.79 Å². The molecule has 1 aromatic rings. The van der Waals surface area contributed by atoms with E-state index in [-0.39, 0.29) is 0 Å². The number of thiazole rings is 1. The van der Waals surface area contributed by atoms with E-state index in [1.807, 2.05) is 0 Å². The molecule has 1 aromatic heterocycles. The van der Waals surface area contributed by atoms with Crippen molar-refractivity contribution in [2.24, 2.45) is 5.73 Å². The minimum absolute atomic E-state index is 0.335. The molecule has 1 aliphatic heterocycles. The Kier molecular flexibility index (Phi) is 5.01. The van der Waals surface area contributed by atoms with E-state index < -0.39 is 12.0 Å². The lowest BCUT2D eigenvalue weighted by Gasteiger charge is -2.12. The molecule has 1 saturated heterocycles. The summed E-state index contributed by atoms with van der Waals surface area (Å²) in [6.07, 6.45) is 2.76. The molecule has 0 saturated carbocycles. The largest absolute Gasteiger partial charge is 0.465 e. The highest BCUT2D eigenvalue weighted by Gasteiger charge is 2.22. The van der Waals surface area contributed by atoms with Crippen LogP contribution < -0.4 is 10.6 Å². The van der Waals surface area contributed by atoms with Crippen LogP contribution in [0.25, 0.3) is 0 Å². The van der Waals surface area contributed by atoms with Crippen LogP contribution in [0.2, 0.25) is 5.15 Å². The van der Waals surface area contributed by atoms with Crippen molar-refractivity contribution in [2.75, 3.05) is 24.6 Å². The third-order valence-electron chi connectivity index (χ3n) is 3.01. The van der Waals surface area contributed by atoms with Crippen molar-refractivity contribution in [1.82, 2.24) is 4.98 Å². The van der Waals surface area contributed by atoms with Gasteiger partial charge < -0.3 is 15.4 Å². The molecule has 1 fully saturated rings. The van der Waals surface area contributed by atoms with Crippen LogP contribution >= 0.6 is 22.9 Å². The molecular formula is C12H18ClN3O2S. The van der Waals surface area contributed by atoms with Crippen molar-refractivity contribution in [3.05, 3.63) is 10.0 Å². The average Bonchev–Trinajstić information content (AvgIpc) is 3.00. The zero-order chi connectivity index (χ0) is 13.8.